The average molecular weight is 337 g/mol. The lowest BCUT2D eigenvalue weighted by Crippen LogP contribution is -2.45. The number of para-hydroxylation sites is 1. The first kappa shape index (κ1) is 16.0. The molecular weight excluding hydrogens is 314 g/mol. The van der Waals surface area contributed by atoms with Gasteiger partial charge >= 0.3 is 6.09 Å². The molecule has 1 N–H and O–H groups in total. The number of rotatable bonds is 2. The third kappa shape index (κ3) is 2.55. The number of nitrogens with one attached hydrogen (secondary N) is 1. The molecule has 0 aliphatic carbocycles. The van der Waals surface area contributed by atoms with E-state index in [1.165, 1.54) is 11.3 Å². The van der Waals surface area contributed by atoms with E-state index < -0.39 is 6.09 Å². The predicted molar refractivity (Wildman–Crippen MR) is 99.3 cm³/mol. The molecule has 2 aromatic carbocycles. The highest BCUT2D eigenvalue weighted by atomic mass is 16.6. The summed E-state index contributed by atoms with van der Waals surface area (Å²) in [6.45, 7) is 3.38. The first-order valence-corrected chi connectivity index (χ1v) is 8.60. The van der Waals surface area contributed by atoms with Gasteiger partial charge in [-0.2, -0.15) is 0 Å². The number of hydrogen-bond donors (Lipinski definition) is 1. The SMILES string of the molecule is CN1CCC2(C)c3cc(OC(=O)Nc4ccccc4)ccc3N(C)C12. The second-order valence-electron chi connectivity index (χ2n) is 7.19. The fraction of sp³-hybridized carbons (Fsp3) is 0.350. The largest absolute Gasteiger partial charge is 0.417 e. The van der Waals surface area contributed by atoms with Crippen molar-refractivity contribution in [3.8, 4) is 5.75 Å². The van der Waals surface area contributed by atoms with Crippen LogP contribution < -0.4 is 15.0 Å². The number of nitrogens with zero attached hydrogens (tertiary/aromatic N) is 2. The Hall–Kier alpha value is -2.53. The Morgan fingerprint density at radius 1 is 1.20 bits per heavy atom. The molecule has 0 aromatic heterocycles. The van der Waals surface area contributed by atoms with Crippen molar-refractivity contribution < 1.29 is 9.53 Å². The predicted octanol–water partition coefficient (Wildman–Crippen LogP) is 3.67. The van der Waals surface area contributed by atoms with Gasteiger partial charge in [0.25, 0.3) is 0 Å². The molecule has 2 heterocycles. The first-order valence-electron chi connectivity index (χ1n) is 8.60. The zero-order valence-corrected chi connectivity index (χ0v) is 14.8. The van der Waals surface area contributed by atoms with E-state index in [0.29, 0.717) is 11.9 Å². The lowest BCUT2D eigenvalue weighted by atomic mass is 9.81. The molecular formula is C20H23N3O2. The van der Waals surface area contributed by atoms with Crippen molar-refractivity contribution in [3.63, 3.8) is 0 Å². The fourth-order valence-corrected chi connectivity index (χ4v) is 4.39. The zero-order valence-electron chi connectivity index (χ0n) is 14.8. The minimum atomic E-state index is -0.470. The van der Waals surface area contributed by atoms with E-state index in [4.69, 9.17) is 4.74 Å². The van der Waals surface area contributed by atoms with Gasteiger partial charge in [-0.15, -0.1) is 0 Å². The summed E-state index contributed by atoms with van der Waals surface area (Å²) in [5, 5.41) is 2.75. The molecule has 1 amide bonds. The molecule has 5 heteroatoms. The Labute approximate surface area is 148 Å². The summed E-state index contributed by atoms with van der Waals surface area (Å²) < 4.78 is 5.52. The summed E-state index contributed by atoms with van der Waals surface area (Å²) in [5.41, 5.74) is 3.26. The molecule has 5 nitrogen and oxygen atoms in total. The molecule has 2 aromatic rings. The number of fused-ring (bicyclic) bond motifs is 3. The highest BCUT2D eigenvalue weighted by molar-refractivity contribution is 5.86. The van der Waals surface area contributed by atoms with Gasteiger partial charge in [-0.05, 0) is 49.4 Å². The van der Waals surface area contributed by atoms with Crippen LogP contribution in [0.2, 0.25) is 0 Å². The summed E-state index contributed by atoms with van der Waals surface area (Å²) in [4.78, 5) is 16.9. The van der Waals surface area contributed by atoms with Gasteiger partial charge < -0.3 is 9.64 Å². The number of likely N-dealkylation sites (tertiary alicyclic amines) is 1. The molecule has 2 unspecified atom stereocenters. The molecule has 25 heavy (non-hydrogen) atoms. The third-order valence-corrected chi connectivity index (χ3v) is 5.53. The first-order chi connectivity index (χ1) is 12.0. The maximum atomic E-state index is 12.2. The number of carbonyl (C=O) groups is 1. The van der Waals surface area contributed by atoms with Crippen molar-refractivity contribution in [2.45, 2.75) is 24.9 Å². The fourth-order valence-electron chi connectivity index (χ4n) is 4.39. The van der Waals surface area contributed by atoms with Gasteiger partial charge in [-0.3, -0.25) is 10.2 Å². The van der Waals surface area contributed by atoms with E-state index in [1.807, 2.05) is 42.5 Å². The molecule has 2 atom stereocenters. The summed E-state index contributed by atoms with van der Waals surface area (Å²) in [6, 6.07) is 15.3. The maximum Gasteiger partial charge on any atom is 0.417 e. The molecule has 130 valence electrons. The number of carbonyl (C=O) groups excluding carboxylic acids is 1. The lowest BCUT2D eigenvalue weighted by molar-refractivity contribution is 0.215. The van der Waals surface area contributed by atoms with Crippen LogP contribution in [-0.4, -0.2) is 37.8 Å². The summed E-state index contributed by atoms with van der Waals surface area (Å²) in [7, 11) is 4.31. The van der Waals surface area contributed by atoms with E-state index >= 15 is 0 Å². The minimum absolute atomic E-state index is 0.0636. The Balaban J connectivity index is 1.56. The molecule has 0 radical (unpaired) electrons. The van der Waals surface area contributed by atoms with Crippen LogP contribution in [0.3, 0.4) is 0 Å². The van der Waals surface area contributed by atoms with Crippen LogP contribution in [0.25, 0.3) is 0 Å². The Morgan fingerprint density at radius 2 is 1.96 bits per heavy atom. The number of benzene rings is 2. The Kier molecular flexibility index (Phi) is 3.69. The lowest BCUT2D eigenvalue weighted by Gasteiger charge is -2.32. The van der Waals surface area contributed by atoms with E-state index in [1.54, 1.807) is 0 Å². The van der Waals surface area contributed by atoms with Gasteiger partial charge in [0.1, 0.15) is 5.75 Å². The van der Waals surface area contributed by atoms with Crippen LogP contribution in [-0.2, 0) is 5.41 Å². The number of amides is 1. The van der Waals surface area contributed by atoms with Crippen LogP contribution in [0, 0.1) is 0 Å². The van der Waals surface area contributed by atoms with E-state index in [0.717, 1.165) is 18.7 Å². The highest BCUT2D eigenvalue weighted by Gasteiger charge is 2.52. The van der Waals surface area contributed by atoms with E-state index in [2.05, 4.69) is 42.2 Å². The Morgan fingerprint density at radius 3 is 2.72 bits per heavy atom. The van der Waals surface area contributed by atoms with Gasteiger partial charge in [-0.25, -0.2) is 4.79 Å². The van der Waals surface area contributed by atoms with Crippen LogP contribution >= 0.6 is 0 Å². The number of hydrogen-bond acceptors (Lipinski definition) is 4. The van der Waals surface area contributed by atoms with Gasteiger partial charge in [-0.1, -0.05) is 25.1 Å². The quantitative estimate of drug-likeness (QED) is 0.908. The number of anilines is 2. The van der Waals surface area contributed by atoms with Gasteiger partial charge in [0.2, 0.25) is 0 Å². The van der Waals surface area contributed by atoms with Gasteiger partial charge in [0, 0.05) is 30.4 Å². The molecule has 2 aliphatic rings. The van der Waals surface area contributed by atoms with Gasteiger partial charge in [0.15, 0.2) is 0 Å². The Bertz CT molecular complexity index is 808. The standard InChI is InChI=1S/C20H23N3O2/c1-20-11-12-22(2)18(20)23(3)17-10-9-15(13-16(17)20)25-19(24)21-14-7-5-4-6-8-14/h4-10,13,18H,11-12H2,1-3H3,(H,21,24). The monoisotopic (exact) mass is 337 g/mol. The van der Waals surface area contributed by atoms with Crippen LogP contribution in [0.4, 0.5) is 16.2 Å². The van der Waals surface area contributed by atoms with Crippen LogP contribution in [0.15, 0.2) is 48.5 Å². The molecule has 2 aliphatic heterocycles. The van der Waals surface area contributed by atoms with Crippen molar-refractivity contribution in [1.82, 2.24) is 4.90 Å². The molecule has 4 rings (SSSR count). The topological polar surface area (TPSA) is 44.8 Å². The van der Waals surface area contributed by atoms with Crippen molar-refractivity contribution in [2.75, 3.05) is 30.9 Å². The smallest absolute Gasteiger partial charge is 0.410 e. The molecule has 0 bridgehead atoms. The summed E-state index contributed by atoms with van der Waals surface area (Å²) in [6.07, 6.45) is 0.990. The summed E-state index contributed by atoms with van der Waals surface area (Å²) >= 11 is 0. The second kappa shape index (κ2) is 5.77. The normalized spacial score (nSPS) is 24.8. The minimum Gasteiger partial charge on any atom is -0.410 e. The second-order valence-corrected chi connectivity index (χ2v) is 7.19. The van der Waals surface area contributed by atoms with E-state index in [-0.39, 0.29) is 5.41 Å². The van der Waals surface area contributed by atoms with Crippen LogP contribution in [0.1, 0.15) is 18.9 Å². The maximum absolute atomic E-state index is 12.2. The third-order valence-electron chi connectivity index (χ3n) is 5.53. The summed E-state index contributed by atoms with van der Waals surface area (Å²) in [5.74, 6) is 0.581. The van der Waals surface area contributed by atoms with Crippen LogP contribution in [0.5, 0.6) is 5.75 Å². The molecule has 1 fully saturated rings. The zero-order chi connectivity index (χ0) is 17.6. The van der Waals surface area contributed by atoms with Crippen molar-refractivity contribution in [3.05, 3.63) is 54.1 Å². The van der Waals surface area contributed by atoms with Gasteiger partial charge in [0.05, 0.1) is 6.17 Å². The number of ether oxygens (including phenoxy) is 1. The molecule has 0 saturated carbocycles. The number of likely N-dealkylation sites (N-methyl/N-ethyl adjacent to an activating group) is 2. The van der Waals surface area contributed by atoms with Crippen molar-refractivity contribution in [1.29, 1.82) is 0 Å². The molecule has 1 saturated heterocycles. The molecule has 0 spiro atoms. The average Bonchev–Trinajstić information content (AvgIpc) is 3.01. The van der Waals surface area contributed by atoms with E-state index in [9.17, 15) is 4.79 Å². The highest BCUT2D eigenvalue weighted by Crippen LogP contribution is 2.51. The van der Waals surface area contributed by atoms with Crippen molar-refractivity contribution in [2.24, 2.45) is 0 Å². The van der Waals surface area contributed by atoms with Crippen molar-refractivity contribution >= 4 is 17.5 Å².